The summed E-state index contributed by atoms with van der Waals surface area (Å²) in [6, 6.07) is 6.52. The minimum atomic E-state index is 0.0155. The molecule has 1 aromatic rings. The fourth-order valence-electron chi connectivity index (χ4n) is 3.16. The van der Waals surface area contributed by atoms with Crippen LogP contribution in [0.3, 0.4) is 0 Å². The standard InChI is InChI=1S/C18H28N2O/c1-12(2)11-20-17(21)7-5-6-16(19)18(20)15-9-8-13(3)14(4)10-15/h8-10,12,16,18H,5-7,11,19H2,1-4H3. The fraction of sp³-hybridized carbons (Fsp3) is 0.611. The summed E-state index contributed by atoms with van der Waals surface area (Å²) in [6.45, 7) is 9.32. The highest BCUT2D eigenvalue weighted by atomic mass is 16.2. The molecule has 0 aliphatic carbocycles. The quantitative estimate of drug-likeness (QED) is 0.927. The van der Waals surface area contributed by atoms with Crippen molar-refractivity contribution in [2.75, 3.05) is 6.54 Å². The van der Waals surface area contributed by atoms with E-state index in [0.29, 0.717) is 12.3 Å². The lowest BCUT2D eigenvalue weighted by Gasteiger charge is -2.35. The molecule has 2 N–H and O–H groups in total. The molecule has 0 bridgehead atoms. The first-order chi connectivity index (χ1) is 9.90. The zero-order valence-corrected chi connectivity index (χ0v) is 13.7. The Kier molecular flexibility index (Phi) is 5.04. The van der Waals surface area contributed by atoms with Gasteiger partial charge in [-0.15, -0.1) is 0 Å². The first-order valence-electron chi connectivity index (χ1n) is 8.02. The third-order valence-electron chi connectivity index (χ3n) is 4.42. The maximum absolute atomic E-state index is 12.5. The first kappa shape index (κ1) is 16.0. The largest absolute Gasteiger partial charge is 0.334 e. The molecule has 1 fully saturated rings. The maximum Gasteiger partial charge on any atom is 0.223 e. The van der Waals surface area contributed by atoms with Crippen molar-refractivity contribution >= 4 is 5.91 Å². The summed E-state index contributed by atoms with van der Waals surface area (Å²) in [7, 11) is 0. The van der Waals surface area contributed by atoms with E-state index in [1.165, 1.54) is 16.7 Å². The van der Waals surface area contributed by atoms with Crippen LogP contribution in [0.4, 0.5) is 0 Å². The Hall–Kier alpha value is -1.35. The predicted molar refractivity (Wildman–Crippen MR) is 87.0 cm³/mol. The number of nitrogens with two attached hydrogens (primary N) is 1. The maximum atomic E-state index is 12.5. The Balaban J connectivity index is 2.40. The van der Waals surface area contributed by atoms with Gasteiger partial charge in [-0.05, 0) is 49.3 Å². The molecule has 1 aliphatic rings. The van der Waals surface area contributed by atoms with Gasteiger partial charge >= 0.3 is 0 Å². The summed E-state index contributed by atoms with van der Waals surface area (Å²) in [6.07, 6.45) is 2.44. The number of benzene rings is 1. The van der Waals surface area contributed by atoms with Crippen LogP contribution in [0.1, 0.15) is 55.8 Å². The molecule has 2 rings (SSSR count). The molecule has 1 amide bonds. The van der Waals surface area contributed by atoms with Crippen LogP contribution in [0.15, 0.2) is 18.2 Å². The van der Waals surface area contributed by atoms with E-state index in [9.17, 15) is 4.79 Å². The van der Waals surface area contributed by atoms with E-state index in [-0.39, 0.29) is 18.0 Å². The molecule has 1 aromatic carbocycles. The van der Waals surface area contributed by atoms with Crippen molar-refractivity contribution in [3.63, 3.8) is 0 Å². The third kappa shape index (κ3) is 3.65. The van der Waals surface area contributed by atoms with Crippen LogP contribution in [0.2, 0.25) is 0 Å². The minimum Gasteiger partial charge on any atom is -0.334 e. The lowest BCUT2D eigenvalue weighted by Crippen LogP contribution is -2.43. The lowest BCUT2D eigenvalue weighted by molar-refractivity contribution is -0.133. The molecule has 0 aromatic heterocycles. The molecule has 116 valence electrons. The van der Waals surface area contributed by atoms with Crippen LogP contribution in [0.25, 0.3) is 0 Å². The van der Waals surface area contributed by atoms with Gasteiger partial charge in [0.2, 0.25) is 5.91 Å². The zero-order chi connectivity index (χ0) is 15.6. The van der Waals surface area contributed by atoms with Crippen molar-refractivity contribution in [1.82, 2.24) is 4.90 Å². The number of hydrogen-bond donors (Lipinski definition) is 1. The molecule has 2 unspecified atom stereocenters. The fourth-order valence-corrected chi connectivity index (χ4v) is 3.16. The first-order valence-corrected chi connectivity index (χ1v) is 8.02. The molecule has 1 saturated heterocycles. The number of carbonyl (C=O) groups excluding carboxylic acids is 1. The van der Waals surface area contributed by atoms with E-state index in [0.717, 1.165) is 19.4 Å². The van der Waals surface area contributed by atoms with Crippen molar-refractivity contribution in [2.45, 2.75) is 59.0 Å². The SMILES string of the molecule is Cc1ccc(C2C(N)CCCC(=O)N2CC(C)C)cc1C. The Morgan fingerprint density at radius 1 is 1.29 bits per heavy atom. The number of likely N-dealkylation sites (tertiary alicyclic amines) is 1. The van der Waals surface area contributed by atoms with E-state index in [4.69, 9.17) is 5.73 Å². The summed E-state index contributed by atoms with van der Waals surface area (Å²) in [4.78, 5) is 14.5. The van der Waals surface area contributed by atoms with Crippen molar-refractivity contribution < 1.29 is 4.79 Å². The van der Waals surface area contributed by atoms with Crippen molar-refractivity contribution in [2.24, 2.45) is 11.7 Å². The van der Waals surface area contributed by atoms with Gasteiger partial charge in [0, 0.05) is 19.0 Å². The van der Waals surface area contributed by atoms with Gasteiger partial charge in [0.25, 0.3) is 0 Å². The van der Waals surface area contributed by atoms with E-state index >= 15 is 0 Å². The van der Waals surface area contributed by atoms with Crippen LogP contribution in [-0.2, 0) is 4.79 Å². The Labute approximate surface area is 128 Å². The topological polar surface area (TPSA) is 46.3 Å². The summed E-state index contributed by atoms with van der Waals surface area (Å²) in [5.74, 6) is 0.702. The molecule has 3 nitrogen and oxygen atoms in total. The number of carbonyl (C=O) groups is 1. The van der Waals surface area contributed by atoms with Gasteiger partial charge < -0.3 is 10.6 Å². The highest BCUT2D eigenvalue weighted by Gasteiger charge is 2.33. The number of hydrogen-bond acceptors (Lipinski definition) is 2. The van der Waals surface area contributed by atoms with Gasteiger partial charge in [-0.2, -0.15) is 0 Å². The number of aryl methyl sites for hydroxylation is 2. The lowest BCUT2D eigenvalue weighted by atomic mass is 9.93. The normalized spacial score (nSPS) is 23.5. The van der Waals surface area contributed by atoms with E-state index in [1.54, 1.807) is 0 Å². The van der Waals surface area contributed by atoms with Gasteiger partial charge in [0.05, 0.1) is 6.04 Å². The average molecular weight is 288 g/mol. The minimum absolute atomic E-state index is 0.0155. The molecule has 2 atom stereocenters. The predicted octanol–water partition coefficient (Wildman–Crippen LogP) is 3.34. The Morgan fingerprint density at radius 3 is 2.62 bits per heavy atom. The summed E-state index contributed by atoms with van der Waals surface area (Å²) in [5, 5.41) is 0. The third-order valence-corrected chi connectivity index (χ3v) is 4.42. The second-order valence-corrected chi connectivity index (χ2v) is 6.78. The molecule has 0 saturated carbocycles. The number of rotatable bonds is 3. The highest BCUT2D eigenvalue weighted by molar-refractivity contribution is 5.77. The molecule has 1 heterocycles. The van der Waals surface area contributed by atoms with E-state index in [1.807, 2.05) is 4.90 Å². The molecule has 1 aliphatic heterocycles. The molecular formula is C18H28N2O. The van der Waals surface area contributed by atoms with Gasteiger partial charge in [0.1, 0.15) is 0 Å². The monoisotopic (exact) mass is 288 g/mol. The van der Waals surface area contributed by atoms with Crippen LogP contribution < -0.4 is 5.73 Å². The molecule has 0 radical (unpaired) electrons. The van der Waals surface area contributed by atoms with E-state index in [2.05, 4.69) is 45.9 Å². The van der Waals surface area contributed by atoms with Crippen molar-refractivity contribution in [3.8, 4) is 0 Å². The Bertz CT molecular complexity index is 510. The molecule has 3 heteroatoms. The van der Waals surface area contributed by atoms with E-state index < -0.39 is 0 Å². The second kappa shape index (κ2) is 6.61. The van der Waals surface area contributed by atoms with Gasteiger partial charge in [-0.25, -0.2) is 0 Å². The van der Waals surface area contributed by atoms with Crippen molar-refractivity contribution in [3.05, 3.63) is 34.9 Å². The van der Waals surface area contributed by atoms with Crippen LogP contribution in [0, 0.1) is 19.8 Å². The number of amides is 1. The van der Waals surface area contributed by atoms with Crippen LogP contribution in [-0.4, -0.2) is 23.4 Å². The average Bonchev–Trinajstić information content (AvgIpc) is 2.53. The van der Waals surface area contributed by atoms with Crippen LogP contribution >= 0.6 is 0 Å². The molecule has 0 spiro atoms. The molecular weight excluding hydrogens is 260 g/mol. The smallest absolute Gasteiger partial charge is 0.223 e. The second-order valence-electron chi connectivity index (χ2n) is 6.78. The molecule has 21 heavy (non-hydrogen) atoms. The zero-order valence-electron chi connectivity index (χ0n) is 13.7. The highest BCUT2D eigenvalue weighted by Crippen LogP contribution is 2.31. The van der Waals surface area contributed by atoms with Crippen LogP contribution in [0.5, 0.6) is 0 Å². The number of nitrogens with zero attached hydrogens (tertiary/aromatic N) is 1. The summed E-state index contributed by atoms with van der Waals surface area (Å²) >= 11 is 0. The van der Waals surface area contributed by atoms with Gasteiger partial charge in [-0.1, -0.05) is 32.0 Å². The summed E-state index contributed by atoms with van der Waals surface area (Å²) < 4.78 is 0. The Morgan fingerprint density at radius 2 is 2.00 bits per heavy atom. The van der Waals surface area contributed by atoms with Gasteiger partial charge in [-0.3, -0.25) is 4.79 Å². The summed E-state index contributed by atoms with van der Waals surface area (Å²) in [5.41, 5.74) is 10.2. The van der Waals surface area contributed by atoms with Crippen molar-refractivity contribution in [1.29, 1.82) is 0 Å². The van der Waals surface area contributed by atoms with Gasteiger partial charge in [0.15, 0.2) is 0 Å².